The molecule has 2 fully saturated rings. The monoisotopic (exact) mass is 493 g/mol. The van der Waals surface area contributed by atoms with Gasteiger partial charge in [0.05, 0.1) is 13.2 Å². The molecule has 1 atom stereocenters. The van der Waals surface area contributed by atoms with E-state index < -0.39 is 11.6 Å². The van der Waals surface area contributed by atoms with E-state index in [1.165, 1.54) is 73.7 Å². The Bertz CT molecular complexity index is 812. The van der Waals surface area contributed by atoms with Gasteiger partial charge < -0.3 is 9.64 Å². The molecule has 0 N–H and O–H groups in total. The van der Waals surface area contributed by atoms with Crippen LogP contribution in [0.3, 0.4) is 0 Å². The molecule has 2 aliphatic rings. The molecule has 31 heavy (non-hydrogen) atoms. The van der Waals surface area contributed by atoms with Crippen molar-refractivity contribution in [2.45, 2.75) is 52.1 Å². The second-order valence-corrected chi connectivity index (χ2v) is 9.32. The van der Waals surface area contributed by atoms with Crippen LogP contribution in [-0.2, 0) is 11.3 Å². The molecule has 0 spiro atoms. The Labute approximate surface area is 195 Å². The van der Waals surface area contributed by atoms with Crippen LogP contribution in [0.5, 0.6) is 0 Å². The first-order valence-electron chi connectivity index (χ1n) is 11.3. The van der Waals surface area contributed by atoms with Gasteiger partial charge >= 0.3 is 0 Å². The summed E-state index contributed by atoms with van der Waals surface area (Å²) in [6, 6.07) is 10.4. The van der Waals surface area contributed by atoms with Gasteiger partial charge in [0.15, 0.2) is 0 Å². The standard InChI is InChI=1S/C26H33F2NO.BrH/c1-18-5-3-6-19(2)26(18)22(15-29(13-20-9-10-20)14-21-11-12-21)16-30-17-23-24(27)7-4-8-25(23)28;/h3-8,20-22H,9-17H2,1-2H3;1H. The van der Waals surface area contributed by atoms with Gasteiger partial charge in [0.25, 0.3) is 0 Å². The molecule has 4 rings (SSSR count). The van der Waals surface area contributed by atoms with Crippen molar-refractivity contribution in [3.63, 3.8) is 0 Å². The predicted molar refractivity (Wildman–Crippen MR) is 127 cm³/mol. The maximum atomic E-state index is 14.0. The molecule has 1 unspecified atom stereocenters. The molecular formula is C26H34BrF2NO. The van der Waals surface area contributed by atoms with E-state index >= 15 is 0 Å². The van der Waals surface area contributed by atoms with Gasteiger partial charge in [-0.05, 0) is 80.2 Å². The Morgan fingerprint density at radius 2 is 1.42 bits per heavy atom. The summed E-state index contributed by atoms with van der Waals surface area (Å²) in [5.74, 6) is 0.801. The lowest BCUT2D eigenvalue weighted by Gasteiger charge is -2.30. The Morgan fingerprint density at radius 1 is 0.903 bits per heavy atom. The summed E-state index contributed by atoms with van der Waals surface area (Å²) in [6.45, 7) is 8.00. The maximum Gasteiger partial charge on any atom is 0.131 e. The largest absolute Gasteiger partial charge is 0.376 e. The van der Waals surface area contributed by atoms with Crippen LogP contribution >= 0.6 is 17.0 Å². The first-order chi connectivity index (χ1) is 14.5. The molecule has 5 heteroatoms. The van der Waals surface area contributed by atoms with Crippen LogP contribution in [-0.4, -0.2) is 31.1 Å². The van der Waals surface area contributed by atoms with Crippen molar-refractivity contribution in [1.29, 1.82) is 0 Å². The third-order valence-electron chi connectivity index (χ3n) is 6.48. The molecule has 2 aliphatic carbocycles. The van der Waals surface area contributed by atoms with E-state index in [0.29, 0.717) is 6.61 Å². The average molecular weight is 494 g/mol. The summed E-state index contributed by atoms with van der Waals surface area (Å²) in [7, 11) is 0. The Morgan fingerprint density at radius 3 is 1.94 bits per heavy atom. The van der Waals surface area contributed by atoms with Gasteiger partial charge in [0.1, 0.15) is 11.6 Å². The van der Waals surface area contributed by atoms with Crippen LogP contribution in [0.4, 0.5) is 8.78 Å². The highest BCUT2D eigenvalue weighted by Gasteiger charge is 2.31. The molecule has 2 saturated carbocycles. The van der Waals surface area contributed by atoms with E-state index in [2.05, 4.69) is 36.9 Å². The highest BCUT2D eigenvalue weighted by Crippen LogP contribution is 2.35. The minimum atomic E-state index is -0.539. The van der Waals surface area contributed by atoms with E-state index in [1.807, 2.05) is 0 Å². The van der Waals surface area contributed by atoms with Gasteiger partial charge in [0, 0.05) is 31.1 Å². The van der Waals surface area contributed by atoms with Crippen molar-refractivity contribution >= 4 is 17.0 Å². The van der Waals surface area contributed by atoms with Gasteiger partial charge in [-0.15, -0.1) is 17.0 Å². The molecule has 0 amide bonds. The zero-order chi connectivity index (χ0) is 21.1. The van der Waals surface area contributed by atoms with Crippen molar-refractivity contribution in [3.8, 4) is 0 Å². The number of hydrogen-bond donors (Lipinski definition) is 0. The zero-order valence-electron chi connectivity index (χ0n) is 18.6. The molecule has 2 aromatic carbocycles. The smallest absolute Gasteiger partial charge is 0.131 e. The van der Waals surface area contributed by atoms with E-state index in [0.717, 1.165) is 18.4 Å². The average Bonchev–Trinajstić information content (AvgIpc) is 3.61. The molecule has 170 valence electrons. The molecule has 2 nitrogen and oxygen atoms in total. The van der Waals surface area contributed by atoms with Gasteiger partial charge in [-0.3, -0.25) is 0 Å². The second kappa shape index (κ2) is 11.0. The van der Waals surface area contributed by atoms with E-state index in [-0.39, 0.29) is 35.1 Å². The van der Waals surface area contributed by atoms with E-state index in [4.69, 9.17) is 4.74 Å². The third-order valence-corrected chi connectivity index (χ3v) is 6.48. The summed E-state index contributed by atoms with van der Waals surface area (Å²) in [4.78, 5) is 2.62. The van der Waals surface area contributed by atoms with Crippen molar-refractivity contribution in [2.75, 3.05) is 26.2 Å². The third kappa shape index (κ3) is 6.84. The molecule has 0 saturated heterocycles. The molecular weight excluding hydrogens is 460 g/mol. The minimum Gasteiger partial charge on any atom is -0.376 e. The van der Waals surface area contributed by atoms with Crippen LogP contribution in [0.25, 0.3) is 0 Å². The quantitative estimate of drug-likeness (QED) is 0.350. The summed E-state index contributed by atoms with van der Waals surface area (Å²) < 4.78 is 34.0. The van der Waals surface area contributed by atoms with Crippen molar-refractivity contribution in [3.05, 3.63) is 70.3 Å². The van der Waals surface area contributed by atoms with Gasteiger partial charge in [-0.25, -0.2) is 8.78 Å². The number of rotatable bonds is 11. The van der Waals surface area contributed by atoms with Crippen LogP contribution in [0.15, 0.2) is 36.4 Å². The number of aryl methyl sites for hydroxylation is 2. The van der Waals surface area contributed by atoms with Crippen molar-refractivity contribution < 1.29 is 13.5 Å². The van der Waals surface area contributed by atoms with Crippen LogP contribution in [0, 0.1) is 37.3 Å². The molecule has 0 heterocycles. The normalized spacial score (nSPS) is 16.9. The summed E-state index contributed by atoms with van der Waals surface area (Å²) in [6.07, 6.45) is 5.38. The fourth-order valence-electron chi connectivity index (χ4n) is 4.54. The Kier molecular flexibility index (Phi) is 8.65. The molecule has 0 bridgehead atoms. The summed E-state index contributed by atoms with van der Waals surface area (Å²) in [5.41, 5.74) is 3.87. The Balaban J connectivity index is 0.00000272. The van der Waals surface area contributed by atoms with E-state index in [9.17, 15) is 8.78 Å². The number of ether oxygens (including phenoxy) is 1. The zero-order valence-corrected chi connectivity index (χ0v) is 20.3. The van der Waals surface area contributed by atoms with Gasteiger partial charge in [0.2, 0.25) is 0 Å². The molecule has 2 aromatic rings. The second-order valence-electron chi connectivity index (χ2n) is 9.32. The first-order valence-corrected chi connectivity index (χ1v) is 11.3. The lowest BCUT2D eigenvalue weighted by molar-refractivity contribution is 0.0881. The fourth-order valence-corrected chi connectivity index (χ4v) is 4.54. The van der Waals surface area contributed by atoms with Crippen LogP contribution in [0.2, 0.25) is 0 Å². The first kappa shape index (κ1) is 24.3. The highest BCUT2D eigenvalue weighted by molar-refractivity contribution is 8.93. The van der Waals surface area contributed by atoms with E-state index in [1.54, 1.807) is 0 Å². The number of halogens is 3. The lowest BCUT2D eigenvalue weighted by Crippen LogP contribution is -2.34. The maximum absolute atomic E-state index is 14.0. The number of hydrogen-bond acceptors (Lipinski definition) is 2. The summed E-state index contributed by atoms with van der Waals surface area (Å²) >= 11 is 0. The molecule has 0 radical (unpaired) electrons. The van der Waals surface area contributed by atoms with Gasteiger partial charge in [-0.2, -0.15) is 0 Å². The van der Waals surface area contributed by atoms with Crippen LogP contribution < -0.4 is 0 Å². The summed E-state index contributed by atoms with van der Waals surface area (Å²) in [5, 5.41) is 0. The van der Waals surface area contributed by atoms with Crippen molar-refractivity contribution in [1.82, 2.24) is 4.90 Å². The highest BCUT2D eigenvalue weighted by atomic mass is 79.9. The molecule has 0 aliphatic heterocycles. The van der Waals surface area contributed by atoms with Crippen LogP contribution in [0.1, 0.15) is 53.9 Å². The molecule has 0 aromatic heterocycles. The number of nitrogens with zero attached hydrogens (tertiary/aromatic N) is 1. The van der Waals surface area contributed by atoms with Crippen molar-refractivity contribution in [2.24, 2.45) is 11.8 Å². The fraction of sp³-hybridized carbons (Fsp3) is 0.538. The predicted octanol–water partition coefficient (Wildman–Crippen LogP) is 6.58. The SMILES string of the molecule is Br.Cc1cccc(C)c1C(COCc1c(F)cccc1F)CN(CC1CC1)CC1CC1. The topological polar surface area (TPSA) is 12.5 Å². The minimum absolute atomic E-state index is 0. The lowest BCUT2D eigenvalue weighted by atomic mass is 9.90. The number of benzene rings is 2. The van der Waals surface area contributed by atoms with Gasteiger partial charge in [-0.1, -0.05) is 24.3 Å². The Hall–Kier alpha value is -1.30.